The fourth-order valence-corrected chi connectivity index (χ4v) is 3.19. The molecule has 1 aliphatic rings. The van der Waals surface area contributed by atoms with Crippen LogP contribution in [0.25, 0.3) is 0 Å². The topological polar surface area (TPSA) is 78.9 Å². The van der Waals surface area contributed by atoms with Gasteiger partial charge in [0, 0.05) is 25.2 Å². The molecule has 2 aromatic rings. The maximum Gasteiger partial charge on any atom is 0.410 e. The summed E-state index contributed by atoms with van der Waals surface area (Å²) in [5, 5.41) is 12.2. The molecule has 0 radical (unpaired) electrons. The molecule has 0 aromatic heterocycles. The van der Waals surface area contributed by atoms with Gasteiger partial charge in [-0.3, -0.25) is 4.79 Å². The number of rotatable bonds is 5. The summed E-state index contributed by atoms with van der Waals surface area (Å²) in [6.07, 6.45) is 1.37. The summed E-state index contributed by atoms with van der Waals surface area (Å²) in [4.78, 5) is 26.1. The standard InChI is InChI=1S/C22H26N2O4/c1-16-2-4-18(5-3-16)15-28-22(27)24-12-10-17(11-13-24)14-23-21(26)19-6-8-20(25)9-7-19/h2-9,17,25H,10-15H2,1H3,(H,23,26). The molecule has 0 unspecified atom stereocenters. The summed E-state index contributed by atoms with van der Waals surface area (Å²) in [7, 11) is 0. The Morgan fingerprint density at radius 2 is 1.71 bits per heavy atom. The van der Waals surface area contributed by atoms with E-state index in [-0.39, 0.29) is 24.4 Å². The molecule has 1 fully saturated rings. The number of phenols is 1. The predicted molar refractivity (Wildman–Crippen MR) is 106 cm³/mol. The highest BCUT2D eigenvalue weighted by Gasteiger charge is 2.24. The van der Waals surface area contributed by atoms with Crippen molar-refractivity contribution in [2.75, 3.05) is 19.6 Å². The first-order valence-electron chi connectivity index (χ1n) is 9.56. The van der Waals surface area contributed by atoms with Crippen LogP contribution in [0.1, 0.15) is 34.3 Å². The van der Waals surface area contributed by atoms with Gasteiger partial charge < -0.3 is 20.1 Å². The van der Waals surface area contributed by atoms with Gasteiger partial charge >= 0.3 is 6.09 Å². The number of hydrogen-bond donors (Lipinski definition) is 2. The molecule has 6 heteroatoms. The van der Waals surface area contributed by atoms with E-state index in [4.69, 9.17) is 4.74 Å². The first-order valence-corrected chi connectivity index (χ1v) is 9.56. The van der Waals surface area contributed by atoms with Gasteiger partial charge in [0.2, 0.25) is 0 Å². The van der Waals surface area contributed by atoms with Crippen molar-refractivity contribution in [1.82, 2.24) is 10.2 Å². The third-order valence-corrected chi connectivity index (χ3v) is 5.04. The molecule has 1 saturated heterocycles. The fourth-order valence-electron chi connectivity index (χ4n) is 3.19. The van der Waals surface area contributed by atoms with Gasteiger partial charge in [0.25, 0.3) is 5.91 Å². The molecule has 0 saturated carbocycles. The Hall–Kier alpha value is -3.02. The number of carbonyl (C=O) groups excluding carboxylic acids is 2. The maximum atomic E-state index is 12.2. The number of nitrogens with zero attached hydrogens (tertiary/aromatic N) is 1. The maximum absolute atomic E-state index is 12.2. The Morgan fingerprint density at radius 1 is 1.07 bits per heavy atom. The fraction of sp³-hybridized carbons (Fsp3) is 0.364. The number of benzene rings is 2. The molecule has 28 heavy (non-hydrogen) atoms. The predicted octanol–water partition coefficient (Wildman–Crippen LogP) is 3.48. The van der Waals surface area contributed by atoms with Crippen LogP contribution in [0.5, 0.6) is 5.75 Å². The monoisotopic (exact) mass is 382 g/mol. The highest BCUT2D eigenvalue weighted by Crippen LogP contribution is 2.18. The van der Waals surface area contributed by atoms with Crippen LogP contribution in [-0.2, 0) is 11.3 Å². The quantitative estimate of drug-likeness (QED) is 0.830. The van der Waals surface area contributed by atoms with Gasteiger partial charge in [-0.05, 0) is 55.5 Å². The molecular formula is C22H26N2O4. The average Bonchev–Trinajstić information content (AvgIpc) is 2.72. The molecule has 0 atom stereocenters. The van der Waals surface area contributed by atoms with Gasteiger partial charge in [-0.2, -0.15) is 0 Å². The summed E-state index contributed by atoms with van der Waals surface area (Å²) in [5.41, 5.74) is 2.68. The van der Waals surface area contributed by atoms with Crippen molar-refractivity contribution in [3.05, 3.63) is 65.2 Å². The molecule has 2 N–H and O–H groups in total. The van der Waals surface area contributed by atoms with Gasteiger partial charge in [-0.1, -0.05) is 29.8 Å². The molecule has 0 spiro atoms. The Labute approximate surface area is 165 Å². The van der Waals surface area contributed by atoms with Crippen molar-refractivity contribution in [1.29, 1.82) is 0 Å². The second kappa shape index (κ2) is 9.26. The van der Waals surface area contributed by atoms with E-state index in [1.54, 1.807) is 17.0 Å². The summed E-state index contributed by atoms with van der Waals surface area (Å²) in [6.45, 7) is 4.14. The van der Waals surface area contributed by atoms with Crippen LogP contribution >= 0.6 is 0 Å². The van der Waals surface area contributed by atoms with Crippen LogP contribution in [-0.4, -0.2) is 41.6 Å². The number of piperidine rings is 1. The van der Waals surface area contributed by atoms with Gasteiger partial charge in [0.1, 0.15) is 12.4 Å². The van der Waals surface area contributed by atoms with Crippen LogP contribution in [0.4, 0.5) is 4.79 Å². The summed E-state index contributed by atoms with van der Waals surface area (Å²) in [6, 6.07) is 14.1. The SMILES string of the molecule is Cc1ccc(COC(=O)N2CCC(CNC(=O)c3ccc(O)cc3)CC2)cc1. The third kappa shape index (κ3) is 5.49. The second-order valence-electron chi connectivity index (χ2n) is 7.23. The van der Waals surface area contributed by atoms with Gasteiger partial charge in [-0.25, -0.2) is 4.79 Å². The Morgan fingerprint density at radius 3 is 2.36 bits per heavy atom. The summed E-state index contributed by atoms with van der Waals surface area (Å²) >= 11 is 0. The van der Waals surface area contributed by atoms with E-state index in [0.29, 0.717) is 31.1 Å². The molecule has 1 aliphatic heterocycles. The zero-order valence-corrected chi connectivity index (χ0v) is 16.1. The number of aryl methyl sites for hydroxylation is 1. The molecule has 2 aromatic carbocycles. The van der Waals surface area contributed by atoms with Crippen molar-refractivity contribution >= 4 is 12.0 Å². The van der Waals surface area contributed by atoms with Crippen molar-refractivity contribution in [2.45, 2.75) is 26.4 Å². The number of phenolic OH excluding ortho intramolecular Hbond substituents is 1. The van der Waals surface area contributed by atoms with E-state index in [1.807, 2.05) is 31.2 Å². The third-order valence-electron chi connectivity index (χ3n) is 5.04. The van der Waals surface area contributed by atoms with Crippen molar-refractivity contribution < 1.29 is 19.4 Å². The Bertz CT molecular complexity index is 794. The molecule has 0 aliphatic carbocycles. The average molecular weight is 382 g/mol. The molecule has 6 nitrogen and oxygen atoms in total. The molecular weight excluding hydrogens is 356 g/mol. The van der Waals surface area contributed by atoms with E-state index >= 15 is 0 Å². The Balaban J connectivity index is 1.37. The number of amides is 2. The lowest BCUT2D eigenvalue weighted by Gasteiger charge is -2.31. The minimum atomic E-state index is -0.285. The Kier molecular flexibility index (Phi) is 6.53. The van der Waals surface area contributed by atoms with Crippen molar-refractivity contribution in [2.24, 2.45) is 5.92 Å². The molecule has 3 rings (SSSR count). The summed E-state index contributed by atoms with van der Waals surface area (Å²) < 4.78 is 5.41. The molecule has 0 bridgehead atoms. The highest BCUT2D eigenvalue weighted by molar-refractivity contribution is 5.94. The number of aromatic hydroxyl groups is 1. The first-order chi connectivity index (χ1) is 13.5. The summed E-state index contributed by atoms with van der Waals surface area (Å²) in [5.74, 6) is 0.320. The van der Waals surface area contributed by atoms with E-state index < -0.39 is 0 Å². The van der Waals surface area contributed by atoms with Crippen molar-refractivity contribution in [3.63, 3.8) is 0 Å². The van der Waals surface area contributed by atoms with E-state index in [2.05, 4.69) is 5.32 Å². The normalized spacial score (nSPS) is 14.5. The molecule has 2 amide bonds. The number of hydrogen-bond acceptors (Lipinski definition) is 4. The zero-order valence-electron chi connectivity index (χ0n) is 16.1. The van der Waals surface area contributed by atoms with Gasteiger partial charge in [0.05, 0.1) is 0 Å². The molecule has 1 heterocycles. The number of nitrogens with one attached hydrogen (secondary N) is 1. The minimum Gasteiger partial charge on any atom is -0.508 e. The minimum absolute atomic E-state index is 0.137. The number of ether oxygens (including phenoxy) is 1. The van der Waals surface area contributed by atoms with Gasteiger partial charge in [-0.15, -0.1) is 0 Å². The van der Waals surface area contributed by atoms with Gasteiger partial charge in [0.15, 0.2) is 0 Å². The van der Waals surface area contributed by atoms with Crippen LogP contribution in [0.15, 0.2) is 48.5 Å². The first kappa shape index (κ1) is 19.7. The lowest BCUT2D eigenvalue weighted by molar-refractivity contribution is 0.0800. The zero-order chi connectivity index (χ0) is 19.9. The van der Waals surface area contributed by atoms with Crippen LogP contribution in [0.3, 0.4) is 0 Å². The number of likely N-dealkylation sites (tertiary alicyclic amines) is 1. The lowest BCUT2D eigenvalue weighted by Crippen LogP contribution is -2.41. The van der Waals surface area contributed by atoms with Crippen LogP contribution < -0.4 is 5.32 Å². The van der Waals surface area contributed by atoms with E-state index in [1.165, 1.54) is 17.7 Å². The van der Waals surface area contributed by atoms with Crippen molar-refractivity contribution in [3.8, 4) is 5.75 Å². The smallest absolute Gasteiger partial charge is 0.410 e. The second-order valence-corrected chi connectivity index (χ2v) is 7.23. The highest BCUT2D eigenvalue weighted by atomic mass is 16.6. The number of carbonyl (C=O) groups is 2. The molecule has 148 valence electrons. The van der Waals surface area contributed by atoms with E-state index in [0.717, 1.165) is 18.4 Å². The van der Waals surface area contributed by atoms with Crippen LogP contribution in [0, 0.1) is 12.8 Å². The van der Waals surface area contributed by atoms with Crippen LogP contribution in [0.2, 0.25) is 0 Å². The lowest BCUT2D eigenvalue weighted by atomic mass is 9.97. The van der Waals surface area contributed by atoms with E-state index in [9.17, 15) is 14.7 Å². The largest absolute Gasteiger partial charge is 0.508 e.